The molecule has 100 valence electrons. The summed E-state index contributed by atoms with van der Waals surface area (Å²) >= 11 is 8.07. The van der Waals surface area contributed by atoms with Crippen molar-refractivity contribution < 1.29 is 8.78 Å². The molecule has 0 radical (unpaired) electrons. The predicted octanol–water partition coefficient (Wildman–Crippen LogP) is 4.47. The molecule has 0 spiro atoms. The fourth-order valence-electron chi connectivity index (χ4n) is 1.85. The summed E-state index contributed by atoms with van der Waals surface area (Å²) in [5, 5.41) is 0.575. The third kappa shape index (κ3) is 3.43. The van der Waals surface area contributed by atoms with Crippen molar-refractivity contribution in [1.82, 2.24) is 0 Å². The fourth-order valence-corrected chi connectivity index (χ4v) is 2.77. The first-order valence-corrected chi connectivity index (χ1v) is 7.08. The van der Waals surface area contributed by atoms with E-state index in [0.717, 1.165) is 15.2 Å². The maximum absolute atomic E-state index is 13.6. The molecule has 0 saturated heterocycles. The Kier molecular flexibility index (Phi) is 4.76. The fraction of sp³-hybridized carbons (Fsp3) is 0.143. The van der Waals surface area contributed by atoms with E-state index in [1.807, 2.05) is 6.07 Å². The summed E-state index contributed by atoms with van der Waals surface area (Å²) in [6.07, 6.45) is 0.222. The minimum Gasteiger partial charge on any atom is -0.324 e. The third-order valence-electron chi connectivity index (χ3n) is 2.83. The van der Waals surface area contributed by atoms with Gasteiger partial charge in [-0.15, -0.1) is 0 Å². The smallest absolute Gasteiger partial charge is 0.162 e. The van der Waals surface area contributed by atoms with Crippen molar-refractivity contribution in [2.24, 2.45) is 5.73 Å². The van der Waals surface area contributed by atoms with Gasteiger partial charge in [-0.05, 0) is 64.4 Å². The highest BCUT2D eigenvalue weighted by molar-refractivity contribution is 14.1. The van der Waals surface area contributed by atoms with Gasteiger partial charge in [-0.25, -0.2) is 8.78 Å². The summed E-state index contributed by atoms with van der Waals surface area (Å²) in [6, 6.07) is 9.04. The Labute approximate surface area is 128 Å². The number of hydrogen-bond acceptors (Lipinski definition) is 1. The molecule has 0 aliphatic heterocycles. The van der Waals surface area contributed by atoms with Gasteiger partial charge in [0, 0.05) is 14.6 Å². The van der Waals surface area contributed by atoms with Gasteiger partial charge in [0.1, 0.15) is 0 Å². The van der Waals surface area contributed by atoms with Gasteiger partial charge >= 0.3 is 0 Å². The Balaban J connectivity index is 2.28. The number of halogens is 4. The number of benzene rings is 2. The zero-order valence-electron chi connectivity index (χ0n) is 9.84. The van der Waals surface area contributed by atoms with E-state index < -0.39 is 17.7 Å². The van der Waals surface area contributed by atoms with Crippen LogP contribution in [0.25, 0.3) is 0 Å². The van der Waals surface area contributed by atoms with Gasteiger partial charge in [-0.2, -0.15) is 0 Å². The maximum atomic E-state index is 13.6. The van der Waals surface area contributed by atoms with E-state index in [4.69, 9.17) is 17.3 Å². The van der Waals surface area contributed by atoms with Gasteiger partial charge in [0.2, 0.25) is 0 Å². The Morgan fingerprint density at radius 1 is 1.21 bits per heavy atom. The molecule has 0 amide bonds. The molecule has 19 heavy (non-hydrogen) atoms. The van der Waals surface area contributed by atoms with Crippen molar-refractivity contribution in [3.63, 3.8) is 0 Å². The molecule has 2 aromatic rings. The van der Waals surface area contributed by atoms with Crippen LogP contribution in [0.5, 0.6) is 0 Å². The summed E-state index contributed by atoms with van der Waals surface area (Å²) in [7, 11) is 0. The number of nitrogens with two attached hydrogens (primary N) is 1. The van der Waals surface area contributed by atoms with Crippen LogP contribution in [0.3, 0.4) is 0 Å². The monoisotopic (exact) mass is 393 g/mol. The van der Waals surface area contributed by atoms with Crippen molar-refractivity contribution in [2.45, 2.75) is 12.5 Å². The summed E-state index contributed by atoms with van der Waals surface area (Å²) in [5.41, 5.74) is 7.16. The highest BCUT2D eigenvalue weighted by atomic mass is 127. The first-order chi connectivity index (χ1) is 8.99. The van der Waals surface area contributed by atoms with Crippen molar-refractivity contribution >= 4 is 34.2 Å². The Morgan fingerprint density at radius 3 is 2.68 bits per heavy atom. The molecule has 0 saturated carbocycles. The second-order valence-electron chi connectivity index (χ2n) is 4.19. The van der Waals surface area contributed by atoms with Gasteiger partial charge < -0.3 is 5.73 Å². The summed E-state index contributed by atoms with van der Waals surface area (Å²) in [5.74, 6) is -1.69. The van der Waals surface area contributed by atoms with Gasteiger partial charge in [0.25, 0.3) is 0 Å². The zero-order valence-corrected chi connectivity index (χ0v) is 12.8. The second-order valence-corrected chi connectivity index (χ2v) is 5.79. The van der Waals surface area contributed by atoms with E-state index in [1.165, 1.54) is 12.1 Å². The normalized spacial score (nSPS) is 12.5. The van der Waals surface area contributed by atoms with Gasteiger partial charge in [-0.1, -0.05) is 23.7 Å². The van der Waals surface area contributed by atoms with Crippen molar-refractivity contribution in [2.75, 3.05) is 0 Å². The minimum absolute atomic E-state index is 0.222. The van der Waals surface area contributed by atoms with E-state index in [2.05, 4.69) is 22.6 Å². The van der Waals surface area contributed by atoms with Crippen LogP contribution in [0, 0.1) is 15.2 Å². The molecule has 1 atom stereocenters. The Hall–Kier alpha value is -0.720. The lowest BCUT2D eigenvalue weighted by Gasteiger charge is -2.15. The quantitative estimate of drug-likeness (QED) is 0.765. The molecular weight excluding hydrogens is 383 g/mol. The highest BCUT2D eigenvalue weighted by Crippen LogP contribution is 2.26. The van der Waals surface area contributed by atoms with Crippen LogP contribution in [0.15, 0.2) is 36.4 Å². The van der Waals surface area contributed by atoms with E-state index in [-0.39, 0.29) is 12.0 Å². The Bertz CT molecular complexity index is 604. The average molecular weight is 394 g/mol. The second kappa shape index (κ2) is 6.15. The van der Waals surface area contributed by atoms with Crippen LogP contribution >= 0.6 is 34.2 Å². The maximum Gasteiger partial charge on any atom is 0.162 e. The summed E-state index contributed by atoms with van der Waals surface area (Å²) in [4.78, 5) is 0. The van der Waals surface area contributed by atoms with Crippen LogP contribution in [-0.4, -0.2) is 0 Å². The molecule has 1 nitrogen and oxygen atoms in total. The van der Waals surface area contributed by atoms with Crippen molar-refractivity contribution in [3.8, 4) is 0 Å². The summed E-state index contributed by atoms with van der Waals surface area (Å²) < 4.78 is 27.7. The number of rotatable bonds is 3. The van der Waals surface area contributed by atoms with Gasteiger partial charge in [0.15, 0.2) is 11.6 Å². The first-order valence-electron chi connectivity index (χ1n) is 5.62. The van der Waals surface area contributed by atoms with Crippen LogP contribution in [-0.2, 0) is 6.42 Å². The molecule has 2 aromatic carbocycles. The lowest BCUT2D eigenvalue weighted by atomic mass is 9.99. The molecule has 2 N–H and O–H groups in total. The van der Waals surface area contributed by atoms with Crippen LogP contribution in [0.2, 0.25) is 5.02 Å². The topological polar surface area (TPSA) is 26.0 Å². The molecule has 1 unspecified atom stereocenters. The van der Waals surface area contributed by atoms with Crippen molar-refractivity contribution in [3.05, 3.63) is 67.8 Å². The average Bonchev–Trinajstić information content (AvgIpc) is 2.38. The molecule has 0 aromatic heterocycles. The van der Waals surface area contributed by atoms with E-state index >= 15 is 0 Å². The highest BCUT2D eigenvalue weighted by Gasteiger charge is 2.15. The zero-order chi connectivity index (χ0) is 14.0. The predicted molar refractivity (Wildman–Crippen MR) is 81.2 cm³/mol. The molecule has 5 heteroatoms. The molecule has 0 aliphatic rings. The minimum atomic E-state index is -0.856. The SMILES string of the molecule is NC(Cc1cccc(F)c1F)c1cc(Cl)ccc1I. The van der Waals surface area contributed by atoms with Gasteiger partial charge in [0.05, 0.1) is 0 Å². The molecular formula is C14H11ClF2IN. The van der Waals surface area contributed by atoms with Crippen LogP contribution in [0.1, 0.15) is 17.2 Å². The first kappa shape index (κ1) is 14.7. The largest absolute Gasteiger partial charge is 0.324 e. The molecule has 0 fully saturated rings. The lowest BCUT2D eigenvalue weighted by Crippen LogP contribution is -2.15. The molecule has 0 heterocycles. The van der Waals surface area contributed by atoms with E-state index in [9.17, 15) is 8.78 Å². The summed E-state index contributed by atoms with van der Waals surface area (Å²) in [6.45, 7) is 0. The van der Waals surface area contributed by atoms with E-state index in [1.54, 1.807) is 12.1 Å². The van der Waals surface area contributed by atoms with Gasteiger partial charge in [-0.3, -0.25) is 0 Å². The standard InChI is InChI=1S/C14H11ClF2IN/c15-9-4-5-12(18)10(7-9)13(19)6-8-2-1-3-11(16)14(8)17/h1-5,7,13H,6,19H2. The Morgan fingerprint density at radius 2 is 1.95 bits per heavy atom. The molecule has 0 aliphatic carbocycles. The third-order valence-corrected chi connectivity index (χ3v) is 4.05. The lowest BCUT2D eigenvalue weighted by molar-refractivity contribution is 0.494. The molecule has 2 rings (SSSR count). The van der Waals surface area contributed by atoms with E-state index in [0.29, 0.717) is 5.02 Å². The molecule has 0 bridgehead atoms. The van der Waals surface area contributed by atoms with Crippen LogP contribution in [0.4, 0.5) is 8.78 Å². The van der Waals surface area contributed by atoms with Crippen LogP contribution < -0.4 is 5.73 Å². The van der Waals surface area contributed by atoms with Crippen molar-refractivity contribution in [1.29, 1.82) is 0 Å². The number of hydrogen-bond donors (Lipinski definition) is 1.